The SMILES string of the molecule is CO[C@]1(C)OC[C@H]([C@@H]2CC(=O)C[C@H](c3ccc(OCc4ccccc4)cc3)C23C(=O)N(C)C(=O)N(C)C3=O)O[C@@]1(C)OC. The van der Waals surface area contributed by atoms with Gasteiger partial charge >= 0.3 is 6.03 Å². The zero-order valence-electron chi connectivity index (χ0n) is 25.3. The molecule has 5 rings (SSSR count). The summed E-state index contributed by atoms with van der Waals surface area (Å²) >= 11 is 0. The van der Waals surface area contributed by atoms with Crippen molar-refractivity contribution in [2.75, 3.05) is 34.9 Å². The molecule has 1 spiro atoms. The second kappa shape index (κ2) is 11.5. The summed E-state index contributed by atoms with van der Waals surface area (Å²) in [6.45, 7) is 3.58. The van der Waals surface area contributed by atoms with E-state index in [4.69, 9.17) is 23.7 Å². The second-order valence-corrected chi connectivity index (χ2v) is 11.6. The van der Waals surface area contributed by atoms with Crippen LogP contribution in [0.4, 0.5) is 4.79 Å². The summed E-state index contributed by atoms with van der Waals surface area (Å²) in [6.07, 6.45) is -1.12. The van der Waals surface area contributed by atoms with Gasteiger partial charge in [0.1, 0.15) is 23.6 Å². The highest BCUT2D eigenvalue weighted by atomic mass is 16.8. The maximum atomic E-state index is 14.3. The van der Waals surface area contributed by atoms with Gasteiger partial charge in [0, 0.05) is 53.0 Å². The Hall–Kier alpha value is -3.64. The molecule has 11 heteroatoms. The third kappa shape index (κ3) is 4.94. The number of benzene rings is 2. The topological polar surface area (TPSA) is 121 Å². The first-order chi connectivity index (χ1) is 20.4. The molecular weight excluding hydrogens is 556 g/mol. The van der Waals surface area contributed by atoms with Crippen molar-refractivity contribution in [1.82, 2.24) is 9.80 Å². The van der Waals surface area contributed by atoms with E-state index in [0.717, 1.165) is 15.4 Å². The van der Waals surface area contributed by atoms with Crippen LogP contribution < -0.4 is 4.74 Å². The smallest absolute Gasteiger partial charge is 0.332 e. The van der Waals surface area contributed by atoms with Gasteiger partial charge in [0.2, 0.25) is 23.4 Å². The Balaban J connectivity index is 1.56. The molecule has 3 aliphatic rings. The molecular formula is C32H38N2O9. The van der Waals surface area contributed by atoms with Crippen molar-refractivity contribution in [3.63, 3.8) is 0 Å². The molecule has 0 radical (unpaired) electrons. The van der Waals surface area contributed by atoms with E-state index in [1.165, 1.54) is 28.3 Å². The number of hydrogen-bond donors (Lipinski definition) is 0. The second-order valence-electron chi connectivity index (χ2n) is 11.6. The predicted octanol–water partition coefficient (Wildman–Crippen LogP) is 3.51. The van der Waals surface area contributed by atoms with Crippen LogP contribution >= 0.6 is 0 Å². The van der Waals surface area contributed by atoms with Gasteiger partial charge < -0.3 is 23.7 Å². The molecule has 1 aliphatic carbocycles. The summed E-state index contributed by atoms with van der Waals surface area (Å²) in [6, 6.07) is 16.0. The maximum absolute atomic E-state index is 14.3. The Morgan fingerprint density at radius 1 is 0.837 bits per heavy atom. The molecule has 2 saturated heterocycles. The lowest BCUT2D eigenvalue weighted by atomic mass is 9.54. The molecule has 2 heterocycles. The van der Waals surface area contributed by atoms with Gasteiger partial charge in [-0.15, -0.1) is 0 Å². The Bertz CT molecular complexity index is 1370. The monoisotopic (exact) mass is 594 g/mol. The van der Waals surface area contributed by atoms with Gasteiger partial charge in [-0.1, -0.05) is 42.5 Å². The number of amides is 4. The highest BCUT2D eigenvalue weighted by Gasteiger charge is 2.69. The minimum absolute atomic E-state index is 0.0705. The number of rotatable bonds is 7. The normalized spacial score (nSPS) is 31.1. The third-order valence-corrected chi connectivity index (χ3v) is 9.39. The van der Waals surface area contributed by atoms with Crippen LogP contribution in [0, 0.1) is 11.3 Å². The lowest BCUT2D eigenvalue weighted by molar-refractivity contribution is -0.437. The fraction of sp³-hybridized carbons (Fsp3) is 0.500. The number of hydrogen-bond acceptors (Lipinski definition) is 9. The Labute approximate surface area is 251 Å². The van der Waals surface area contributed by atoms with Crippen molar-refractivity contribution >= 4 is 23.6 Å². The van der Waals surface area contributed by atoms with Crippen LogP contribution in [0.3, 0.4) is 0 Å². The number of barbiturate groups is 1. The van der Waals surface area contributed by atoms with Crippen molar-refractivity contribution in [2.45, 2.75) is 56.9 Å². The van der Waals surface area contributed by atoms with Crippen LogP contribution in [0.15, 0.2) is 54.6 Å². The summed E-state index contributed by atoms with van der Waals surface area (Å²) in [5, 5.41) is 0. The number of imide groups is 2. The number of Topliss-reactive ketones (excluding diaryl/α,β-unsaturated/α-hetero) is 1. The van der Waals surface area contributed by atoms with E-state index >= 15 is 0 Å². The molecule has 11 nitrogen and oxygen atoms in total. The van der Waals surface area contributed by atoms with Crippen molar-refractivity contribution in [3.05, 3.63) is 65.7 Å². The summed E-state index contributed by atoms with van der Waals surface area (Å²) in [5.41, 5.74) is -0.236. The van der Waals surface area contributed by atoms with Gasteiger partial charge in [-0.25, -0.2) is 4.79 Å². The fourth-order valence-corrected chi connectivity index (χ4v) is 6.62. The number of carbonyl (C=O) groups is 4. The van der Waals surface area contributed by atoms with Crippen molar-refractivity contribution in [1.29, 1.82) is 0 Å². The van der Waals surface area contributed by atoms with Crippen LogP contribution in [-0.2, 0) is 39.9 Å². The average Bonchev–Trinajstić information content (AvgIpc) is 3.03. The van der Waals surface area contributed by atoms with Crippen LogP contribution in [-0.4, -0.2) is 86.0 Å². The highest BCUT2D eigenvalue weighted by molar-refractivity contribution is 6.20. The van der Waals surface area contributed by atoms with E-state index in [0.29, 0.717) is 17.9 Å². The van der Waals surface area contributed by atoms with Crippen LogP contribution in [0.5, 0.6) is 5.75 Å². The molecule has 0 aromatic heterocycles. The van der Waals surface area contributed by atoms with E-state index in [-0.39, 0.29) is 25.2 Å². The van der Waals surface area contributed by atoms with Crippen LogP contribution in [0.1, 0.15) is 43.7 Å². The average molecular weight is 595 g/mol. The number of nitrogens with zero attached hydrogens (tertiary/aromatic N) is 2. The number of methoxy groups -OCH3 is 2. The lowest BCUT2D eigenvalue weighted by Crippen LogP contribution is -2.72. The summed E-state index contributed by atoms with van der Waals surface area (Å²) < 4.78 is 29.7. The zero-order valence-corrected chi connectivity index (χ0v) is 25.3. The van der Waals surface area contributed by atoms with E-state index in [9.17, 15) is 19.2 Å². The number of carbonyl (C=O) groups excluding carboxylic acids is 4. The first kappa shape index (κ1) is 30.8. The lowest BCUT2D eigenvalue weighted by Gasteiger charge is -2.56. The summed E-state index contributed by atoms with van der Waals surface area (Å²) in [5.74, 6) is -5.52. The molecule has 1 saturated carbocycles. The van der Waals surface area contributed by atoms with Gasteiger partial charge in [-0.2, -0.15) is 0 Å². The molecule has 5 atom stereocenters. The molecule has 230 valence electrons. The van der Waals surface area contributed by atoms with Gasteiger partial charge in [0.15, 0.2) is 0 Å². The third-order valence-electron chi connectivity index (χ3n) is 9.39. The predicted molar refractivity (Wildman–Crippen MR) is 153 cm³/mol. The number of urea groups is 1. The van der Waals surface area contributed by atoms with E-state index < -0.39 is 52.8 Å². The molecule has 43 heavy (non-hydrogen) atoms. The largest absolute Gasteiger partial charge is 0.489 e. The minimum atomic E-state index is -1.83. The highest BCUT2D eigenvalue weighted by Crippen LogP contribution is 2.56. The quantitative estimate of drug-likeness (QED) is 0.444. The van der Waals surface area contributed by atoms with Crippen molar-refractivity contribution < 1.29 is 42.9 Å². The zero-order chi connectivity index (χ0) is 31.2. The van der Waals surface area contributed by atoms with E-state index in [1.807, 2.05) is 30.3 Å². The molecule has 2 aromatic carbocycles. The Morgan fingerprint density at radius 3 is 2.02 bits per heavy atom. The van der Waals surface area contributed by atoms with E-state index in [1.54, 1.807) is 38.1 Å². The van der Waals surface area contributed by atoms with Crippen molar-refractivity contribution in [3.8, 4) is 5.75 Å². The summed E-state index contributed by atoms with van der Waals surface area (Å²) in [7, 11) is 5.59. The molecule has 4 amide bonds. The minimum Gasteiger partial charge on any atom is -0.489 e. The fourth-order valence-electron chi connectivity index (χ4n) is 6.62. The first-order valence-electron chi connectivity index (χ1n) is 14.2. The number of ether oxygens (including phenoxy) is 5. The van der Waals surface area contributed by atoms with Gasteiger partial charge in [0.05, 0.1) is 12.7 Å². The molecule has 0 unspecified atom stereocenters. The first-order valence-corrected chi connectivity index (χ1v) is 14.2. The van der Waals surface area contributed by atoms with E-state index in [2.05, 4.69) is 0 Å². The molecule has 2 aliphatic heterocycles. The number of ketones is 1. The molecule has 0 bridgehead atoms. The summed E-state index contributed by atoms with van der Waals surface area (Å²) in [4.78, 5) is 56.9. The molecule has 3 fully saturated rings. The molecule has 0 N–H and O–H groups in total. The maximum Gasteiger partial charge on any atom is 0.332 e. The Kier molecular flexibility index (Phi) is 8.21. The van der Waals surface area contributed by atoms with Gasteiger partial charge in [-0.05, 0) is 37.1 Å². The Morgan fingerprint density at radius 2 is 1.44 bits per heavy atom. The molecule has 2 aromatic rings. The van der Waals surface area contributed by atoms with Gasteiger partial charge in [-0.3, -0.25) is 24.2 Å². The van der Waals surface area contributed by atoms with Crippen molar-refractivity contribution in [2.24, 2.45) is 11.3 Å². The standard InChI is InChI=1S/C32H38N2O9/c1-30(39-5)31(2,40-6)43-26(19-42-30)25-17-22(35)16-24(32(25)27(36)33(3)29(38)34(4)28(32)37)21-12-14-23(15-13-21)41-18-20-10-8-7-9-11-20/h7-15,24-26H,16-19H2,1-6H3/t24-,25+,26-,30-,31-/m1/s1. The van der Waals surface area contributed by atoms with Gasteiger partial charge in [0.25, 0.3) is 0 Å². The van der Waals surface area contributed by atoms with Crippen LogP contribution in [0.25, 0.3) is 0 Å². The van der Waals surface area contributed by atoms with Crippen LogP contribution in [0.2, 0.25) is 0 Å².